The average molecular weight is 587 g/mol. The molecule has 0 bridgehead atoms. The van der Waals surface area contributed by atoms with E-state index in [0.717, 1.165) is 72.6 Å². The SMILES string of the molecule is COCc1nc(-c2ccc(-c3ccc(C(=O)N4CCc5cc6c(cc54)C4(CCN(C)CC4)CO6)cc3)c(C)c2)no1.Cl. The van der Waals surface area contributed by atoms with Gasteiger partial charge in [0, 0.05) is 41.4 Å². The van der Waals surface area contributed by atoms with Gasteiger partial charge in [0.05, 0.1) is 6.61 Å². The van der Waals surface area contributed by atoms with Gasteiger partial charge in [-0.25, -0.2) is 0 Å². The third-order valence-electron chi connectivity index (χ3n) is 9.00. The number of methoxy groups -OCH3 is 1. The molecule has 0 N–H and O–H groups in total. The van der Waals surface area contributed by atoms with Crippen molar-refractivity contribution in [1.82, 2.24) is 15.0 Å². The predicted molar refractivity (Wildman–Crippen MR) is 164 cm³/mol. The molecule has 218 valence electrons. The lowest BCUT2D eigenvalue weighted by Gasteiger charge is -2.37. The standard InChI is InChI=1S/C33H34N4O4.ClH/c1-21-16-25(31-34-30(19-39-3)41-35-31)8-9-26(21)22-4-6-23(7-5-22)32(38)37-13-10-24-17-29-27(18-28(24)37)33(20-40-29)11-14-36(2)15-12-33;/h4-9,16-18H,10-15,19-20H2,1-3H3;1H. The molecule has 1 amide bonds. The van der Waals surface area contributed by atoms with E-state index in [9.17, 15) is 4.79 Å². The molecule has 0 saturated carbocycles. The molecule has 1 saturated heterocycles. The Morgan fingerprint density at radius 2 is 1.79 bits per heavy atom. The van der Waals surface area contributed by atoms with Crippen LogP contribution in [0.3, 0.4) is 0 Å². The van der Waals surface area contributed by atoms with Crippen LogP contribution in [0.15, 0.2) is 59.1 Å². The lowest BCUT2D eigenvalue weighted by atomic mass is 9.74. The van der Waals surface area contributed by atoms with E-state index >= 15 is 0 Å². The fourth-order valence-corrected chi connectivity index (χ4v) is 6.54. The second kappa shape index (κ2) is 11.2. The number of likely N-dealkylation sites (tertiary alicyclic amines) is 1. The fraction of sp³-hybridized carbons (Fsp3) is 0.364. The first-order valence-corrected chi connectivity index (χ1v) is 14.3. The predicted octanol–water partition coefficient (Wildman–Crippen LogP) is 5.84. The summed E-state index contributed by atoms with van der Waals surface area (Å²) in [6.07, 6.45) is 3.04. The first-order chi connectivity index (χ1) is 19.9. The summed E-state index contributed by atoms with van der Waals surface area (Å²) in [5.74, 6) is 2.05. The number of carbonyl (C=O) groups excluding carboxylic acids is 1. The van der Waals surface area contributed by atoms with Crippen LogP contribution in [0.2, 0.25) is 0 Å². The van der Waals surface area contributed by atoms with Crippen molar-refractivity contribution in [2.24, 2.45) is 0 Å². The number of benzene rings is 3. The average Bonchev–Trinajstić information content (AvgIpc) is 3.71. The van der Waals surface area contributed by atoms with Crippen molar-refractivity contribution in [3.63, 3.8) is 0 Å². The molecule has 4 heterocycles. The number of halogens is 1. The molecule has 7 rings (SSSR count). The summed E-state index contributed by atoms with van der Waals surface area (Å²) in [7, 11) is 3.78. The van der Waals surface area contributed by atoms with Crippen molar-refractivity contribution in [2.75, 3.05) is 45.3 Å². The molecule has 0 radical (unpaired) electrons. The largest absolute Gasteiger partial charge is 0.492 e. The van der Waals surface area contributed by atoms with Crippen LogP contribution in [-0.4, -0.2) is 61.3 Å². The van der Waals surface area contributed by atoms with Crippen LogP contribution < -0.4 is 9.64 Å². The Hall–Kier alpha value is -3.72. The number of ether oxygens (including phenoxy) is 2. The van der Waals surface area contributed by atoms with Crippen molar-refractivity contribution in [3.05, 3.63) is 82.7 Å². The van der Waals surface area contributed by atoms with Gasteiger partial charge in [0.1, 0.15) is 12.4 Å². The van der Waals surface area contributed by atoms with Crippen molar-refractivity contribution < 1.29 is 18.8 Å². The number of nitrogens with zero attached hydrogens (tertiary/aromatic N) is 4. The highest BCUT2D eigenvalue weighted by atomic mass is 35.5. The Bertz CT molecular complexity index is 1630. The Morgan fingerprint density at radius 3 is 2.52 bits per heavy atom. The molecule has 3 aliphatic rings. The van der Waals surface area contributed by atoms with Crippen molar-refractivity contribution in [1.29, 1.82) is 0 Å². The first-order valence-electron chi connectivity index (χ1n) is 14.3. The van der Waals surface area contributed by atoms with Crippen LogP contribution in [0.25, 0.3) is 22.5 Å². The van der Waals surface area contributed by atoms with Crippen molar-refractivity contribution in [3.8, 4) is 28.3 Å². The monoisotopic (exact) mass is 586 g/mol. The summed E-state index contributed by atoms with van der Waals surface area (Å²) in [5, 5.41) is 4.06. The normalized spacial score (nSPS) is 17.1. The highest BCUT2D eigenvalue weighted by Crippen LogP contribution is 2.49. The second-order valence-corrected chi connectivity index (χ2v) is 11.6. The van der Waals surface area contributed by atoms with Gasteiger partial charge in [-0.3, -0.25) is 4.79 Å². The minimum absolute atomic E-state index is 0. The number of carbonyl (C=O) groups is 1. The number of hydrogen-bond donors (Lipinski definition) is 0. The Morgan fingerprint density at radius 1 is 1.02 bits per heavy atom. The summed E-state index contributed by atoms with van der Waals surface area (Å²) in [6.45, 7) is 5.94. The van der Waals surface area contributed by atoms with Crippen LogP contribution in [-0.2, 0) is 23.2 Å². The van der Waals surface area contributed by atoms with Gasteiger partial charge in [0.15, 0.2) is 0 Å². The quantitative estimate of drug-likeness (QED) is 0.291. The van der Waals surface area contributed by atoms with Gasteiger partial charge in [-0.15, -0.1) is 12.4 Å². The van der Waals surface area contributed by atoms with Crippen molar-refractivity contribution in [2.45, 2.75) is 38.2 Å². The third-order valence-corrected chi connectivity index (χ3v) is 9.00. The van der Waals surface area contributed by atoms with E-state index < -0.39 is 0 Å². The number of rotatable bonds is 5. The van der Waals surface area contributed by atoms with E-state index in [1.165, 1.54) is 11.1 Å². The molecule has 0 unspecified atom stereocenters. The first kappa shape index (κ1) is 28.4. The number of aryl methyl sites for hydroxylation is 1. The molecular formula is C33H35ClN4O4. The van der Waals surface area contributed by atoms with Gasteiger partial charge in [-0.05, 0) is 98.9 Å². The van der Waals surface area contributed by atoms with E-state index in [0.29, 0.717) is 23.8 Å². The summed E-state index contributed by atoms with van der Waals surface area (Å²) in [4.78, 5) is 22.5. The molecule has 0 atom stereocenters. The maximum atomic E-state index is 13.7. The molecule has 1 fully saturated rings. The lowest BCUT2D eigenvalue weighted by Crippen LogP contribution is -2.42. The fourth-order valence-electron chi connectivity index (χ4n) is 6.54. The van der Waals surface area contributed by atoms with Gasteiger partial charge in [-0.1, -0.05) is 29.4 Å². The molecule has 1 aromatic heterocycles. The summed E-state index contributed by atoms with van der Waals surface area (Å²) < 4.78 is 16.5. The number of anilines is 1. The Balaban J connectivity index is 0.00000316. The molecule has 8 nitrogen and oxygen atoms in total. The molecule has 3 aliphatic heterocycles. The topological polar surface area (TPSA) is 80.9 Å². The zero-order valence-electron chi connectivity index (χ0n) is 24.2. The molecule has 1 spiro atoms. The lowest BCUT2D eigenvalue weighted by molar-refractivity contribution is 0.0989. The van der Waals surface area contributed by atoms with Crippen LogP contribution >= 0.6 is 12.4 Å². The van der Waals surface area contributed by atoms with Crippen molar-refractivity contribution >= 4 is 24.0 Å². The van der Waals surface area contributed by atoms with E-state index in [4.69, 9.17) is 14.0 Å². The molecule has 9 heteroatoms. The van der Waals surface area contributed by atoms with E-state index in [2.05, 4.69) is 53.3 Å². The van der Waals surface area contributed by atoms with Crippen LogP contribution in [0.1, 0.15) is 45.8 Å². The minimum atomic E-state index is 0. The highest BCUT2D eigenvalue weighted by molar-refractivity contribution is 6.07. The molecule has 42 heavy (non-hydrogen) atoms. The highest BCUT2D eigenvalue weighted by Gasteiger charge is 2.44. The maximum absolute atomic E-state index is 13.7. The third kappa shape index (κ3) is 4.87. The smallest absolute Gasteiger partial charge is 0.258 e. The van der Waals surface area contributed by atoms with E-state index in [1.807, 2.05) is 35.2 Å². The summed E-state index contributed by atoms with van der Waals surface area (Å²) in [5.41, 5.74) is 8.42. The molecule has 0 aliphatic carbocycles. The second-order valence-electron chi connectivity index (χ2n) is 11.6. The van der Waals surface area contributed by atoms with Crippen LogP contribution in [0, 0.1) is 6.92 Å². The minimum Gasteiger partial charge on any atom is -0.492 e. The maximum Gasteiger partial charge on any atom is 0.258 e. The van der Waals surface area contributed by atoms with Gasteiger partial charge in [-0.2, -0.15) is 4.98 Å². The van der Waals surface area contributed by atoms with Gasteiger partial charge >= 0.3 is 0 Å². The van der Waals surface area contributed by atoms with Crippen LogP contribution in [0.5, 0.6) is 5.75 Å². The summed E-state index contributed by atoms with van der Waals surface area (Å²) in [6, 6.07) is 18.5. The van der Waals surface area contributed by atoms with Gasteiger partial charge in [0.2, 0.25) is 5.82 Å². The zero-order valence-corrected chi connectivity index (χ0v) is 25.0. The van der Waals surface area contributed by atoms with Gasteiger partial charge in [0.25, 0.3) is 11.8 Å². The van der Waals surface area contributed by atoms with E-state index in [-0.39, 0.29) is 30.3 Å². The molecule has 4 aromatic rings. The van der Waals surface area contributed by atoms with Crippen LogP contribution in [0.4, 0.5) is 5.69 Å². The van der Waals surface area contributed by atoms with Gasteiger partial charge < -0.3 is 23.8 Å². The number of hydrogen-bond acceptors (Lipinski definition) is 7. The Labute approximate surface area is 252 Å². The number of piperidine rings is 1. The zero-order chi connectivity index (χ0) is 28.1. The Kier molecular flexibility index (Phi) is 7.55. The molecule has 3 aromatic carbocycles. The van der Waals surface area contributed by atoms with E-state index in [1.54, 1.807) is 7.11 Å². The number of fused-ring (bicyclic) bond motifs is 3. The summed E-state index contributed by atoms with van der Waals surface area (Å²) >= 11 is 0. The number of aromatic nitrogens is 2. The number of amides is 1. The molecular weight excluding hydrogens is 552 g/mol.